The van der Waals surface area contributed by atoms with Crippen molar-refractivity contribution in [3.05, 3.63) is 58.9 Å². The summed E-state index contributed by atoms with van der Waals surface area (Å²) < 4.78 is 25.4. The van der Waals surface area contributed by atoms with Gasteiger partial charge in [0.25, 0.3) is 0 Å². The largest absolute Gasteiger partial charge is 0.338 e. The molecule has 1 aliphatic heterocycles. The van der Waals surface area contributed by atoms with Gasteiger partial charge in [-0.15, -0.1) is 0 Å². The molecule has 0 radical (unpaired) electrons. The van der Waals surface area contributed by atoms with Crippen molar-refractivity contribution < 1.29 is 13.2 Å². The van der Waals surface area contributed by atoms with Gasteiger partial charge in [0.1, 0.15) is 0 Å². The van der Waals surface area contributed by atoms with Crippen LogP contribution >= 0.6 is 0 Å². The number of nitrogens with zero attached hydrogens (tertiary/aromatic N) is 3. The molecule has 0 N–H and O–H groups in total. The summed E-state index contributed by atoms with van der Waals surface area (Å²) in [6, 6.07) is 9.57. The van der Waals surface area contributed by atoms with Crippen molar-refractivity contribution >= 4 is 21.8 Å². The smallest absolute Gasteiger partial charge is 0.246 e. The third-order valence-corrected chi connectivity index (χ3v) is 6.77. The van der Waals surface area contributed by atoms with E-state index in [9.17, 15) is 13.2 Å². The molecule has 7 heteroatoms. The molecule has 0 saturated carbocycles. The molecule has 6 nitrogen and oxygen atoms in total. The van der Waals surface area contributed by atoms with E-state index in [2.05, 4.69) is 5.10 Å². The van der Waals surface area contributed by atoms with Crippen molar-refractivity contribution in [1.82, 2.24) is 14.7 Å². The predicted molar refractivity (Wildman–Crippen MR) is 106 cm³/mol. The number of benzene rings is 1. The van der Waals surface area contributed by atoms with E-state index in [1.165, 1.54) is 0 Å². The number of hydrogen-bond acceptors (Lipinski definition) is 4. The lowest BCUT2D eigenvalue weighted by atomic mass is 10.1. The maximum absolute atomic E-state index is 12.4. The van der Waals surface area contributed by atoms with Gasteiger partial charge < -0.3 is 4.90 Å². The summed E-state index contributed by atoms with van der Waals surface area (Å²) in [5, 5.41) is 4.56. The van der Waals surface area contributed by atoms with Gasteiger partial charge in [0, 0.05) is 30.9 Å². The minimum atomic E-state index is -2.97. The quantitative estimate of drug-likeness (QED) is 0.739. The Bertz CT molecular complexity index is 962. The minimum absolute atomic E-state index is 0.0890. The van der Waals surface area contributed by atoms with Gasteiger partial charge in [-0.05, 0) is 31.9 Å². The molecular formula is C20H25N3O3S. The molecule has 1 atom stereocenters. The number of carbonyl (C=O) groups is 1. The van der Waals surface area contributed by atoms with Crippen LogP contribution in [0.5, 0.6) is 0 Å². The molecule has 0 aliphatic carbocycles. The normalized spacial score (nSPS) is 18.9. The molecule has 0 unspecified atom stereocenters. The van der Waals surface area contributed by atoms with Crippen LogP contribution in [-0.2, 0) is 21.2 Å². The number of sulfone groups is 1. The van der Waals surface area contributed by atoms with Gasteiger partial charge in [-0.25, -0.2) is 8.42 Å². The number of rotatable bonds is 5. The summed E-state index contributed by atoms with van der Waals surface area (Å²) in [6.45, 7) is 4.29. The topological polar surface area (TPSA) is 72.3 Å². The van der Waals surface area contributed by atoms with Crippen LogP contribution in [0.4, 0.5) is 0 Å². The van der Waals surface area contributed by atoms with Crippen molar-refractivity contribution in [3.63, 3.8) is 0 Å². The van der Waals surface area contributed by atoms with Gasteiger partial charge >= 0.3 is 0 Å². The maximum atomic E-state index is 12.4. The Hall–Kier alpha value is -2.41. The predicted octanol–water partition coefficient (Wildman–Crippen LogP) is 2.53. The van der Waals surface area contributed by atoms with E-state index >= 15 is 0 Å². The molecule has 3 rings (SSSR count). The van der Waals surface area contributed by atoms with Gasteiger partial charge in [0.2, 0.25) is 5.91 Å². The molecule has 144 valence electrons. The van der Waals surface area contributed by atoms with E-state index in [1.54, 1.807) is 24.1 Å². The van der Waals surface area contributed by atoms with Gasteiger partial charge in [0.15, 0.2) is 9.84 Å². The number of carbonyl (C=O) groups excluding carboxylic acids is 1. The fourth-order valence-electron chi connectivity index (χ4n) is 3.42. The Morgan fingerprint density at radius 1 is 1.30 bits per heavy atom. The average Bonchev–Trinajstić information content (AvgIpc) is 3.13. The second-order valence-corrected chi connectivity index (χ2v) is 9.32. The molecular weight excluding hydrogens is 362 g/mol. The molecule has 1 aromatic carbocycles. The van der Waals surface area contributed by atoms with E-state index in [4.69, 9.17) is 0 Å². The van der Waals surface area contributed by atoms with E-state index in [-0.39, 0.29) is 23.5 Å². The zero-order valence-corrected chi connectivity index (χ0v) is 16.7. The van der Waals surface area contributed by atoms with Crippen molar-refractivity contribution in [3.8, 4) is 0 Å². The number of likely N-dealkylation sites (N-methyl/N-ethyl adjacent to an activating group) is 1. The lowest BCUT2D eigenvalue weighted by molar-refractivity contribution is -0.125. The zero-order valence-electron chi connectivity index (χ0n) is 15.9. The summed E-state index contributed by atoms with van der Waals surface area (Å²) in [7, 11) is -1.21. The summed E-state index contributed by atoms with van der Waals surface area (Å²) in [6.07, 6.45) is 3.96. The Morgan fingerprint density at radius 2 is 2.00 bits per heavy atom. The average molecular weight is 388 g/mol. The Labute approximate surface area is 160 Å². The van der Waals surface area contributed by atoms with E-state index < -0.39 is 9.84 Å². The summed E-state index contributed by atoms with van der Waals surface area (Å²) in [5.41, 5.74) is 3.72. The Morgan fingerprint density at radius 3 is 2.63 bits per heavy atom. The highest BCUT2D eigenvalue weighted by Crippen LogP contribution is 2.27. The molecule has 1 fully saturated rings. The molecule has 1 amide bonds. The van der Waals surface area contributed by atoms with Crippen molar-refractivity contribution in [2.45, 2.75) is 32.9 Å². The SMILES string of the molecule is Cc1nn([C@@H]2CCS(=O)(=O)C2)c(C)c1CN(C)C(=O)/C=C/c1ccccc1. The number of aromatic nitrogens is 2. The number of aryl methyl sites for hydroxylation is 1. The fraction of sp³-hybridized carbons (Fsp3) is 0.400. The van der Waals surface area contributed by atoms with Crippen LogP contribution in [0.1, 0.15) is 35.0 Å². The lowest BCUT2D eigenvalue weighted by Crippen LogP contribution is -2.24. The number of hydrogen-bond donors (Lipinski definition) is 0. The van der Waals surface area contributed by atoms with Gasteiger partial charge in [-0.3, -0.25) is 9.48 Å². The standard InChI is InChI=1S/C20H25N3O3S/c1-15-19(16(2)23(21-15)18-11-12-27(25,26)14-18)13-22(3)20(24)10-9-17-7-5-4-6-8-17/h4-10,18H,11-14H2,1-3H3/b10-9+/t18-/m1/s1. The molecule has 1 aliphatic rings. The van der Waals surface area contributed by atoms with E-state index in [1.807, 2.05) is 48.9 Å². The van der Waals surface area contributed by atoms with Crippen LogP contribution < -0.4 is 0 Å². The second-order valence-electron chi connectivity index (χ2n) is 7.09. The third kappa shape index (κ3) is 4.47. The highest BCUT2D eigenvalue weighted by molar-refractivity contribution is 7.91. The van der Waals surface area contributed by atoms with Crippen LogP contribution in [0, 0.1) is 13.8 Å². The summed E-state index contributed by atoms with van der Waals surface area (Å²) in [4.78, 5) is 14.1. The monoisotopic (exact) mass is 387 g/mol. The zero-order chi connectivity index (χ0) is 19.6. The molecule has 1 aromatic heterocycles. The first-order valence-electron chi connectivity index (χ1n) is 9.00. The van der Waals surface area contributed by atoms with Crippen LogP contribution in [0.2, 0.25) is 0 Å². The molecule has 0 bridgehead atoms. The highest BCUT2D eigenvalue weighted by Gasteiger charge is 2.31. The Balaban J connectivity index is 1.72. The van der Waals surface area contributed by atoms with Crippen LogP contribution in [-0.4, -0.2) is 47.6 Å². The Kier molecular flexibility index (Phi) is 5.51. The second kappa shape index (κ2) is 7.68. The van der Waals surface area contributed by atoms with Crippen molar-refractivity contribution in [1.29, 1.82) is 0 Å². The fourth-order valence-corrected chi connectivity index (χ4v) is 5.12. The first-order valence-corrected chi connectivity index (χ1v) is 10.8. The lowest BCUT2D eigenvalue weighted by Gasteiger charge is -2.16. The van der Waals surface area contributed by atoms with Crippen LogP contribution in [0.25, 0.3) is 6.08 Å². The highest BCUT2D eigenvalue weighted by atomic mass is 32.2. The molecule has 0 spiro atoms. The van der Waals surface area contributed by atoms with Crippen LogP contribution in [0.3, 0.4) is 0 Å². The van der Waals surface area contributed by atoms with E-state index in [0.717, 1.165) is 22.5 Å². The first kappa shape index (κ1) is 19.4. The first-order chi connectivity index (χ1) is 12.8. The van der Waals surface area contributed by atoms with Gasteiger partial charge in [0.05, 0.1) is 23.2 Å². The minimum Gasteiger partial charge on any atom is -0.338 e. The molecule has 1 saturated heterocycles. The van der Waals surface area contributed by atoms with Gasteiger partial charge in [-0.2, -0.15) is 5.10 Å². The summed E-state index contributed by atoms with van der Waals surface area (Å²) in [5.74, 6) is 0.269. The molecule has 2 heterocycles. The van der Waals surface area contributed by atoms with Gasteiger partial charge in [-0.1, -0.05) is 30.3 Å². The van der Waals surface area contributed by atoms with Crippen molar-refractivity contribution in [2.24, 2.45) is 0 Å². The third-order valence-electron chi connectivity index (χ3n) is 5.02. The van der Waals surface area contributed by atoms with Crippen molar-refractivity contribution in [2.75, 3.05) is 18.6 Å². The number of amides is 1. The van der Waals surface area contributed by atoms with E-state index in [0.29, 0.717) is 13.0 Å². The van der Waals surface area contributed by atoms with Crippen LogP contribution in [0.15, 0.2) is 36.4 Å². The maximum Gasteiger partial charge on any atom is 0.246 e. The molecule has 27 heavy (non-hydrogen) atoms. The molecule has 2 aromatic rings. The summed E-state index contributed by atoms with van der Waals surface area (Å²) >= 11 is 0.